The van der Waals surface area contributed by atoms with E-state index in [1.54, 1.807) is 25.1 Å². The van der Waals surface area contributed by atoms with E-state index in [1.807, 2.05) is 0 Å². The first-order valence-corrected chi connectivity index (χ1v) is 6.46. The van der Waals surface area contributed by atoms with Crippen LogP contribution in [0.25, 0.3) is 6.08 Å². The van der Waals surface area contributed by atoms with Gasteiger partial charge in [-0.15, -0.1) is 0 Å². The molecule has 0 aliphatic heterocycles. The number of benzene rings is 1. The molecule has 0 saturated heterocycles. The SMILES string of the molecule is CC(=O)NCCCNC(=O)/C(C)=C/c1ccccc1F. The van der Waals surface area contributed by atoms with Gasteiger partial charge in [-0.2, -0.15) is 0 Å². The van der Waals surface area contributed by atoms with Crippen molar-refractivity contribution < 1.29 is 14.0 Å². The van der Waals surface area contributed by atoms with Crippen LogP contribution in [0.2, 0.25) is 0 Å². The number of amides is 2. The van der Waals surface area contributed by atoms with Crippen molar-refractivity contribution in [2.24, 2.45) is 0 Å². The number of hydrogen-bond donors (Lipinski definition) is 2. The Balaban J connectivity index is 2.43. The molecule has 1 aromatic rings. The Morgan fingerprint density at radius 1 is 1.15 bits per heavy atom. The van der Waals surface area contributed by atoms with Gasteiger partial charge in [0.1, 0.15) is 5.82 Å². The van der Waals surface area contributed by atoms with Gasteiger partial charge >= 0.3 is 0 Å². The van der Waals surface area contributed by atoms with Gasteiger partial charge in [-0.3, -0.25) is 9.59 Å². The third-order valence-corrected chi connectivity index (χ3v) is 2.65. The molecule has 0 aliphatic rings. The van der Waals surface area contributed by atoms with Gasteiger partial charge in [0, 0.05) is 31.1 Å². The predicted molar refractivity (Wildman–Crippen MR) is 76.4 cm³/mol. The van der Waals surface area contributed by atoms with E-state index in [1.165, 1.54) is 19.1 Å². The molecule has 0 unspecified atom stereocenters. The Labute approximate surface area is 118 Å². The van der Waals surface area contributed by atoms with Crippen LogP contribution < -0.4 is 10.6 Å². The van der Waals surface area contributed by atoms with Crippen molar-refractivity contribution in [2.75, 3.05) is 13.1 Å². The van der Waals surface area contributed by atoms with Crippen molar-refractivity contribution in [1.29, 1.82) is 0 Å². The molecule has 0 atom stereocenters. The molecular formula is C15H19FN2O2. The van der Waals surface area contributed by atoms with E-state index in [2.05, 4.69) is 10.6 Å². The number of carbonyl (C=O) groups excluding carboxylic acids is 2. The van der Waals surface area contributed by atoms with E-state index in [0.717, 1.165) is 0 Å². The first kappa shape index (κ1) is 15.9. The number of rotatable bonds is 6. The average Bonchev–Trinajstić information content (AvgIpc) is 2.40. The largest absolute Gasteiger partial charge is 0.356 e. The van der Waals surface area contributed by atoms with Gasteiger partial charge in [0.05, 0.1) is 0 Å². The predicted octanol–water partition coefficient (Wildman–Crippen LogP) is 1.87. The van der Waals surface area contributed by atoms with E-state index in [0.29, 0.717) is 30.6 Å². The highest BCUT2D eigenvalue weighted by Crippen LogP contribution is 2.11. The molecule has 1 aromatic carbocycles. The summed E-state index contributed by atoms with van der Waals surface area (Å²) in [4.78, 5) is 22.4. The Morgan fingerprint density at radius 3 is 2.45 bits per heavy atom. The quantitative estimate of drug-likeness (QED) is 0.616. The molecular weight excluding hydrogens is 259 g/mol. The first-order chi connectivity index (χ1) is 9.50. The number of carbonyl (C=O) groups is 2. The maximum absolute atomic E-state index is 13.4. The third-order valence-electron chi connectivity index (χ3n) is 2.65. The molecule has 0 bridgehead atoms. The summed E-state index contributed by atoms with van der Waals surface area (Å²) in [5.74, 6) is -0.687. The maximum atomic E-state index is 13.4. The van der Waals surface area contributed by atoms with Crippen molar-refractivity contribution in [3.63, 3.8) is 0 Å². The second kappa shape index (κ2) is 8.09. The average molecular weight is 278 g/mol. The topological polar surface area (TPSA) is 58.2 Å². The lowest BCUT2D eigenvalue weighted by atomic mass is 10.1. The zero-order chi connectivity index (χ0) is 15.0. The summed E-state index contributed by atoms with van der Waals surface area (Å²) in [7, 11) is 0. The van der Waals surface area contributed by atoms with Gasteiger partial charge in [0.25, 0.3) is 0 Å². The van der Waals surface area contributed by atoms with E-state index in [9.17, 15) is 14.0 Å². The fourth-order valence-electron chi connectivity index (χ4n) is 1.59. The van der Waals surface area contributed by atoms with Crippen LogP contribution in [-0.4, -0.2) is 24.9 Å². The second-order valence-electron chi connectivity index (χ2n) is 4.44. The standard InChI is InChI=1S/C15H19FN2O2/c1-11(10-13-6-3-4-7-14(13)16)15(20)18-9-5-8-17-12(2)19/h3-4,6-7,10H,5,8-9H2,1-2H3,(H,17,19)(H,18,20)/b11-10+. The Morgan fingerprint density at radius 2 is 1.80 bits per heavy atom. The Bertz CT molecular complexity index is 512. The van der Waals surface area contributed by atoms with Gasteiger partial charge in [0.15, 0.2) is 0 Å². The van der Waals surface area contributed by atoms with Crippen molar-refractivity contribution in [2.45, 2.75) is 20.3 Å². The van der Waals surface area contributed by atoms with Crippen LogP contribution in [0.4, 0.5) is 4.39 Å². The molecule has 20 heavy (non-hydrogen) atoms. The molecule has 0 spiro atoms. The van der Waals surface area contributed by atoms with Crippen LogP contribution in [0.15, 0.2) is 29.8 Å². The monoisotopic (exact) mass is 278 g/mol. The van der Waals surface area contributed by atoms with Gasteiger partial charge in [-0.25, -0.2) is 4.39 Å². The molecule has 0 fully saturated rings. The number of nitrogens with one attached hydrogen (secondary N) is 2. The molecule has 0 aromatic heterocycles. The summed E-state index contributed by atoms with van der Waals surface area (Å²) in [5.41, 5.74) is 0.827. The van der Waals surface area contributed by atoms with Crippen molar-refractivity contribution in [3.8, 4) is 0 Å². The van der Waals surface area contributed by atoms with Crippen LogP contribution >= 0.6 is 0 Å². The van der Waals surface area contributed by atoms with Crippen LogP contribution in [0.5, 0.6) is 0 Å². The lowest BCUT2D eigenvalue weighted by Crippen LogP contribution is -2.29. The molecule has 0 aliphatic carbocycles. The molecule has 1 rings (SSSR count). The van der Waals surface area contributed by atoms with Crippen LogP contribution in [0, 0.1) is 5.82 Å². The van der Waals surface area contributed by atoms with E-state index >= 15 is 0 Å². The van der Waals surface area contributed by atoms with Crippen molar-refractivity contribution >= 4 is 17.9 Å². The minimum atomic E-state index is -0.356. The first-order valence-electron chi connectivity index (χ1n) is 6.46. The molecule has 0 radical (unpaired) electrons. The minimum Gasteiger partial charge on any atom is -0.356 e. The molecule has 4 nitrogen and oxygen atoms in total. The lowest BCUT2D eigenvalue weighted by Gasteiger charge is -2.06. The molecule has 0 heterocycles. The van der Waals surface area contributed by atoms with Gasteiger partial charge < -0.3 is 10.6 Å². The second-order valence-corrected chi connectivity index (χ2v) is 4.44. The number of halogens is 1. The van der Waals surface area contributed by atoms with Gasteiger partial charge in [-0.1, -0.05) is 18.2 Å². The molecule has 2 amide bonds. The van der Waals surface area contributed by atoms with E-state index in [4.69, 9.17) is 0 Å². The van der Waals surface area contributed by atoms with Crippen LogP contribution in [0.3, 0.4) is 0 Å². The third kappa shape index (κ3) is 5.65. The summed E-state index contributed by atoms with van der Waals surface area (Å²) in [6.45, 7) is 4.06. The molecule has 5 heteroatoms. The highest BCUT2D eigenvalue weighted by molar-refractivity contribution is 5.97. The zero-order valence-corrected chi connectivity index (χ0v) is 11.7. The highest BCUT2D eigenvalue weighted by atomic mass is 19.1. The summed E-state index contributed by atoms with van der Waals surface area (Å²) < 4.78 is 13.4. The molecule has 0 saturated carbocycles. The van der Waals surface area contributed by atoms with Crippen LogP contribution in [0.1, 0.15) is 25.8 Å². The lowest BCUT2D eigenvalue weighted by molar-refractivity contribution is -0.119. The van der Waals surface area contributed by atoms with Gasteiger partial charge in [-0.05, 0) is 25.5 Å². The van der Waals surface area contributed by atoms with Gasteiger partial charge in [0.2, 0.25) is 11.8 Å². The zero-order valence-electron chi connectivity index (χ0n) is 11.7. The number of hydrogen-bond acceptors (Lipinski definition) is 2. The summed E-state index contributed by atoms with van der Waals surface area (Å²) >= 11 is 0. The Kier molecular flexibility index (Phi) is 6.43. The molecule has 108 valence electrons. The normalized spacial score (nSPS) is 11.1. The van der Waals surface area contributed by atoms with E-state index in [-0.39, 0.29) is 17.6 Å². The fraction of sp³-hybridized carbons (Fsp3) is 0.333. The maximum Gasteiger partial charge on any atom is 0.246 e. The van der Waals surface area contributed by atoms with Crippen molar-refractivity contribution in [1.82, 2.24) is 10.6 Å². The van der Waals surface area contributed by atoms with Crippen LogP contribution in [-0.2, 0) is 9.59 Å². The summed E-state index contributed by atoms with van der Waals surface area (Å²) in [5, 5.41) is 5.36. The smallest absolute Gasteiger partial charge is 0.246 e. The summed E-state index contributed by atoms with van der Waals surface area (Å²) in [6.07, 6.45) is 2.16. The Hall–Kier alpha value is -2.17. The fourth-order valence-corrected chi connectivity index (χ4v) is 1.59. The summed E-state index contributed by atoms with van der Waals surface area (Å²) in [6, 6.07) is 6.28. The highest BCUT2D eigenvalue weighted by Gasteiger charge is 2.05. The minimum absolute atomic E-state index is 0.0908. The molecule has 2 N–H and O–H groups in total. The van der Waals surface area contributed by atoms with E-state index < -0.39 is 0 Å². The van der Waals surface area contributed by atoms with Crippen molar-refractivity contribution in [3.05, 3.63) is 41.2 Å².